The fourth-order valence-electron chi connectivity index (χ4n) is 3.69. The molecule has 3 amide bonds. The van der Waals surface area contributed by atoms with Crippen LogP contribution in [0.25, 0.3) is 10.9 Å². The minimum absolute atomic E-state index is 0.209. The molecule has 0 aliphatic heterocycles. The second-order valence-electron chi connectivity index (χ2n) is 7.76. The Balaban J connectivity index is 2.01. The van der Waals surface area contributed by atoms with Gasteiger partial charge in [-0.25, -0.2) is 9.78 Å². The summed E-state index contributed by atoms with van der Waals surface area (Å²) in [6.45, 7) is 2.12. The van der Waals surface area contributed by atoms with Gasteiger partial charge in [0.05, 0.1) is 30.4 Å². The number of hydrogen-bond donors (Lipinski definition) is 2. The number of benzene rings is 1. The largest absolute Gasteiger partial charge is 0.493 e. The van der Waals surface area contributed by atoms with Crippen molar-refractivity contribution in [3.05, 3.63) is 34.1 Å². The highest BCUT2D eigenvalue weighted by Crippen LogP contribution is 2.32. The molecule has 0 saturated carbocycles. The number of ether oxygens (including phenoxy) is 2. The summed E-state index contributed by atoms with van der Waals surface area (Å²) in [6.07, 6.45) is 7.45. The molecule has 1 atom stereocenters. The second kappa shape index (κ2) is 11.2. The van der Waals surface area contributed by atoms with Gasteiger partial charge in [0, 0.05) is 19.7 Å². The van der Waals surface area contributed by atoms with Gasteiger partial charge in [-0.15, -0.1) is 0 Å². The van der Waals surface area contributed by atoms with Crippen LogP contribution in [-0.2, 0) is 11.3 Å². The van der Waals surface area contributed by atoms with Gasteiger partial charge in [-0.05, 0) is 45.1 Å². The molecule has 0 radical (unpaired) electrons. The molecule has 10 heteroatoms. The zero-order chi connectivity index (χ0) is 24.0. The number of allylic oxidation sites excluding steroid dienone is 2. The normalized spacial score (nSPS) is 14.4. The van der Waals surface area contributed by atoms with Gasteiger partial charge >= 0.3 is 6.03 Å². The first-order chi connectivity index (χ1) is 15.9. The topological polar surface area (TPSA) is 112 Å². The number of carbonyl (C=O) groups excluding carboxylic acids is 2. The van der Waals surface area contributed by atoms with Crippen molar-refractivity contribution < 1.29 is 19.1 Å². The van der Waals surface area contributed by atoms with E-state index < -0.39 is 17.2 Å². The summed E-state index contributed by atoms with van der Waals surface area (Å²) >= 11 is 1.14. The lowest BCUT2D eigenvalue weighted by Crippen LogP contribution is -2.41. The lowest BCUT2D eigenvalue weighted by atomic mass is 9.97. The number of methoxy groups -OCH3 is 2. The first-order valence-electron chi connectivity index (χ1n) is 10.9. The van der Waals surface area contributed by atoms with Gasteiger partial charge in [-0.2, -0.15) is 0 Å². The van der Waals surface area contributed by atoms with Crippen LogP contribution < -0.4 is 25.7 Å². The summed E-state index contributed by atoms with van der Waals surface area (Å²) in [5.41, 5.74) is 1.58. The highest BCUT2D eigenvalue weighted by atomic mass is 32.2. The van der Waals surface area contributed by atoms with E-state index in [1.807, 2.05) is 0 Å². The Bertz CT molecular complexity index is 1130. The molecule has 178 valence electrons. The Morgan fingerprint density at radius 1 is 1.21 bits per heavy atom. The van der Waals surface area contributed by atoms with Gasteiger partial charge in [0.1, 0.15) is 0 Å². The first-order valence-corrected chi connectivity index (χ1v) is 11.8. The van der Waals surface area contributed by atoms with E-state index in [2.05, 4.69) is 16.7 Å². The number of urea groups is 1. The van der Waals surface area contributed by atoms with Gasteiger partial charge in [-0.3, -0.25) is 19.5 Å². The maximum atomic E-state index is 13.5. The summed E-state index contributed by atoms with van der Waals surface area (Å²) in [6, 6.07) is 2.70. The zero-order valence-electron chi connectivity index (χ0n) is 19.4. The summed E-state index contributed by atoms with van der Waals surface area (Å²) in [4.78, 5) is 42.1. The van der Waals surface area contributed by atoms with Crippen LogP contribution in [0.1, 0.15) is 39.0 Å². The minimum Gasteiger partial charge on any atom is -0.493 e. The van der Waals surface area contributed by atoms with E-state index in [0.29, 0.717) is 34.1 Å². The third kappa shape index (κ3) is 5.87. The first kappa shape index (κ1) is 24.6. The van der Waals surface area contributed by atoms with E-state index in [1.165, 1.54) is 33.3 Å². The van der Waals surface area contributed by atoms with Crippen molar-refractivity contribution in [2.45, 2.75) is 56.0 Å². The molecular weight excluding hydrogens is 444 g/mol. The molecule has 2 N–H and O–H groups in total. The number of nitrogens with zero attached hydrogens (tertiary/aromatic N) is 2. The van der Waals surface area contributed by atoms with Crippen molar-refractivity contribution in [3.8, 4) is 11.5 Å². The van der Waals surface area contributed by atoms with Crippen molar-refractivity contribution in [2.75, 3.05) is 21.3 Å². The van der Waals surface area contributed by atoms with Gasteiger partial charge in [-0.1, -0.05) is 23.4 Å². The average molecular weight is 475 g/mol. The summed E-state index contributed by atoms with van der Waals surface area (Å²) in [5.74, 6) is 0.440. The number of amides is 3. The van der Waals surface area contributed by atoms with Crippen LogP contribution in [0.15, 0.2) is 33.7 Å². The van der Waals surface area contributed by atoms with E-state index in [9.17, 15) is 14.4 Å². The van der Waals surface area contributed by atoms with Crippen LogP contribution in [0, 0.1) is 0 Å². The number of nitrogens with one attached hydrogen (secondary N) is 2. The molecule has 1 aromatic heterocycles. The fourth-order valence-corrected chi connectivity index (χ4v) is 4.62. The van der Waals surface area contributed by atoms with E-state index >= 15 is 0 Å². The lowest BCUT2D eigenvalue weighted by molar-refractivity contribution is -0.119. The monoisotopic (exact) mass is 474 g/mol. The Morgan fingerprint density at radius 2 is 1.94 bits per heavy atom. The Hall–Kier alpha value is -3.01. The average Bonchev–Trinajstić information content (AvgIpc) is 2.83. The quantitative estimate of drug-likeness (QED) is 0.343. The van der Waals surface area contributed by atoms with Crippen LogP contribution in [0.4, 0.5) is 4.79 Å². The van der Waals surface area contributed by atoms with Crippen molar-refractivity contribution in [2.24, 2.45) is 0 Å². The number of hydrogen-bond acceptors (Lipinski definition) is 7. The van der Waals surface area contributed by atoms with Crippen LogP contribution in [-0.4, -0.2) is 48.0 Å². The molecule has 0 bridgehead atoms. The molecule has 3 rings (SSSR count). The van der Waals surface area contributed by atoms with Crippen molar-refractivity contribution in [3.63, 3.8) is 0 Å². The Kier molecular flexibility index (Phi) is 8.37. The Labute approximate surface area is 196 Å². The zero-order valence-corrected chi connectivity index (χ0v) is 20.2. The summed E-state index contributed by atoms with van der Waals surface area (Å²) in [5, 5.41) is 4.80. The smallest absolute Gasteiger partial charge is 0.321 e. The number of fused-ring (bicyclic) bond motifs is 1. The van der Waals surface area contributed by atoms with Crippen LogP contribution >= 0.6 is 11.8 Å². The molecule has 9 nitrogen and oxygen atoms in total. The molecule has 1 heterocycles. The SMILES string of the molecule is CNC(=O)NC(=O)C(C)Sc1nc2cc(OC)c(OC)cc2c(=O)n1CCC1=CCCCC1. The Morgan fingerprint density at radius 3 is 2.58 bits per heavy atom. The van der Waals surface area contributed by atoms with Gasteiger partial charge < -0.3 is 14.8 Å². The molecule has 2 aromatic rings. The van der Waals surface area contributed by atoms with E-state index in [0.717, 1.165) is 37.4 Å². The maximum absolute atomic E-state index is 13.5. The third-order valence-electron chi connectivity index (χ3n) is 5.58. The number of thioether (sulfide) groups is 1. The van der Waals surface area contributed by atoms with E-state index in [4.69, 9.17) is 14.5 Å². The van der Waals surface area contributed by atoms with Crippen molar-refractivity contribution in [1.82, 2.24) is 20.2 Å². The standard InChI is InChI=1S/C23H30N4O5S/c1-14(20(28)26-22(30)24-2)33-23-25-17-13-19(32-4)18(31-3)12-16(17)21(29)27(23)11-10-15-8-6-5-7-9-15/h8,12-14H,5-7,9-11H2,1-4H3,(H2,24,26,28,30). The predicted octanol–water partition coefficient (Wildman–Crippen LogP) is 3.24. The molecule has 1 unspecified atom stereocenters. The van der Waals surface area contributed by atoms with Crippen molar-refractivity contribution >= 4 is 34.6 Å². The summed E-state index contributed by atoms with van der Waals surface area (Å²) < 4.78 is 12.3. The van der Waals surface area contributed by atoms with Crippen LogP contribution in [0.3, 0.4) is 0 Å². The second-order valence-corrected chi connectivity index (χ2v) is 9.07. The molecular formula is C23H30N4O5S. The van der Waals surface area contributed by atoms with Gasteiger partial charge in [0.25, 0.3) is 5.56 Å². The number of aromatic nitrogens is 2. The number of rotatable bonds is 8. The maximum Gasteiger partial charge on any atom is 0.321 e. The molecule has 33 heavy (non-hydrogen) atoms. The lowest BCUT2D eigenvalue weighted by Gasteiger charge is -2.18. The van der Waals surface area contributed by atoms with Crippen LogP contribution in [0.2, 0.25) is 0 Å². The van der Waals surface area contributed by atoms with E-state index in [-0.39, 0.29) is 5.56 Å². The van der Waals surface area contributed by atoms with E-state index in [1.54, 1.807) is 23.6 Å². The molecule has 0 spiro atoms. The molecule has 1 aromatic carbocycles. The molecule has 1 aliphatic rings. The van der Waals surface area contributed by atoms with Crippen molar-refractivity contribution in [1.29, 1.82) is 0 Å². The van der Waals surface area contributed by atoms with Gasteiger partial charge in [0.2, 0.25) is 5.91 Å². The number of imide groups is 1. The molecule has 1 aliphatic carbocycles. The minimum atomic E-state index is -0.646. The molecule has 0 saturated heterocycles. The molecule has 0 fully saturated rings. The fraction of sp³-hybridized carbons (Fsp3) is 0.478. The highest BCUT2D eigenvalue weighted by Gasteiger charge is 2.22. The third-order valence-corrected chi connectivity index (χ3v) is 6.67. The van der Waals surface area contributed by atoms with Crippen LogP contribution in [0.5, 0.6) is 11.5 Å². The van der Waals surface area contributed by atoms with Gasteiger partial charge in [0.15, 0.2) is 16.7 Å². The predicted molar refractivity (Wildman–Crippen MR) is 128 cm³/mol. The summed E-state index contributed by atoms with van der Waals surface area (Å²) in [7, 11) is 4.47. The number of carbonyl (C=O) groups is 2. The highest BCUT2D eigenvalue weighted by molar-refractivity contribution is 8.00.